The summed E-state index contributed by atoms with van der Waals surface area (Å²) in [6.45, 7) is 0. The van der Waals surface area contributed by atoms with Crippen molar-refractivity contribution < 1.29 is 19.2 Å². The average molecular weight is 245 g/mol. The van der Waals surface area contributed by atoms with E-state index in [1.54, 1.807) is 0 Å². The minimum Gasteiger partial charge on any atom is -0.295 e. The number of carbonyl (C=O) groups excluding carboxylic acids is 4. The van der Waals surface area contributed by atoms with Crippen LogP contribution in [0.5, 0.6) is 0 Å². The number of pyridine rings is 1. The van der Waals surface area contributed by atoms with Crippen molar-refractivity contribution in [3.63, 3.8) is 0 Å². The Morgan fingerprint density at radius 1 is 1.22 bits per heavy atom. The van der Waals surface area contributed by atoms with Crippen LogP contribution in [0.1, 0.15) is 27.3 Å². The first-order valence-electron chi connectivity index (χ1n) is 5.26. The monoisotopic (exact) mass is 245 g/mol. The predicted octanol–water partition coefficient (Wildman–Crippen LogP) is -0.907. The Morgan fingerprint density at radius 3 is 2.61 bits per heavy atom. The van der Waals surface area contributed by atoms with Crippen molar-refractivity contribution in [3.8, 4) is 0 Å². The van der Waals surface area contributed by atoms with Crippen LogP contribution in [0.15, 0.2) is 18.3 Å². The molecule has 7 nitrogen and oxygen atoms in total. The zero-order valence-electron chi connectivity index (χ0n) is 9.04. The maximum absolute atomic E-state index is 12.0. The molecule has 0 radical (unpaired) electrons. The molecule has 18 heavy (non-hydrogen) atoms. The Labute approximate surface area is 101 Å². The summed E-state index contributed by atoms with van der Waals surface area (Å²) in [6, 6.07) is 1.94. The lowest BCUT2D eigenvalue weighted by Gasteiger charge is -2.17. The van der Waals surface area contributed by atoms with Crippen LogP contribution in [-0.4, -0.2) is 39.6 Å². The van der Waals surface area contributed by atoms with Crippen molar-refractivity contribution in [1.29, 1.82) is 0 Å². The Bertz CT molecular complexity index is 575. The topological polar surface area (TPSA) is 96.4 Å². The van der Waals surface area contributed by atoms with E-state index in [0.29, 0.717) is 0 Å². The van der Waals surface area contributed by atoms with Crippen LogP contribution in [-0.2, 0) is 9.59 Å². The van der Waals surface area contributed by atoms with Crippen LogP contribution >= 0.6 is 0 Å². The van der Waals surface area contributed by atoms with Crippen molar-refractivity contribution in [2.45, 2.75) is 12.5 Å². The molecule has 90 valence electrons. The Morgan fingerprint density at radius 2 is 2.00 bits per heavy atom. The molecule has 7 heteroatoms. The van der Waals surface area contributed by atoms with Crippen molar-refractivity contribution >= 4 is 23.6 Å². The van der Waals surface area contributed by atoms with Gasteiger partial charge in [-0.05, 0) is 12.1 Å². The molecule has 1 unspecified atom stereocenters. The number of imide groups is 2. The highest BCUT2D eigenvalue weighted by Gasteiger charge is 2.47. The van der Waals surface area contributed by atoms with Gasteiger partial charge in [-0.15, -0.1) is 0 Å². The highest BCUT2D eigenvalue weighted by atomic mass is 16.2. The highest BCUT2D eigenvalue weighted by Crippen LogP contribution is 2.25. The smallest absolute Gasteiger partial charge is 0.280 e. The van der Waals surface area contributed by atoms with Gasteiger partial charge < -0.3 is 0 Å². The van der Waals surface area contributed by atoms with Crippen LogP contribution < -0.4 is 5.32 Å². The fourth-order valence-corrected chi connectivity index (χ4v) is 2.12. The number of amides is 4. The van der Waals surface area contributed by atoms with Gasteiger partial charge in [-0.3, -0.25) is 34.4 Å². The van der Waals surface area contributed by atoms with E-state index in [-0.39, 0.29) is 17.7 Å². The zero-order chi connectivity index (χ0) is 12.9. The standard InChI is InChI=1S/C11H7N3O4/c15-7-4-6(9(16)13-7)14-10(17)5-2-1-3-12-8(5)11(14)18/h1-3,6H,4H2,(H,13,15,16). The largest absolute Gasteiger partial charge is 0.295 e. The summed E-state index contributed by atoms with van der Waals surface area (Å²) in [5.74, 6) is -2.34. The second kappa shape index (κ2) is 3.46. The number of nitrogens with one attached hydrogen (secondary N) is 1. The van der Waals surface area contributed by atoms with Gasteiger partial charge in [-0.1, -0.05) is 0 Å². The van der Waals surface area contributed by atoms with Gasteiger partial charge in [-0.25, -0.2) is 0 Å². The summed E-state index contributed by atoms with van der Waals surface area (Å²) in [4.78, 5) is 51.3. The molecule has 2 aliphatic heterocycles. The normalized spacial score (nSPS) is 22.4. The molecular weight excluding hydrogens is 238 g/mol. The number of hydrogen-bond acceptors (Lipinski definition) is 5. The first-order chi connectivity index (χ1) is 8.59. The number of fused-ring (bicyclic) bond motifs is 1. The van der Waals surface area contributed by atoms with Crippen LogP contribution in [0.25, 0.3) is 0 Å². The van der Waals surface area contributed by atoms with Crippen LogP contribution in [0.4, 0.5) is 0 Å². The van der Waals surface area contributed by atoms with Crippen molar-refractivity contribution in [1.82, 2.24) is 15.2 Å². The fourth-order valence-electron chi connectivity index (χ4n) is 2.12. The maximum atomic E-state index is 12.0. The molecule has 3 rings (SSSR count). The van der Waals surface area contributed by atoms with E-state index in [1.165, 1.54) is 18.3 Å². The summed E-state index contributed by atoms with van der Waals surface area (Å²) in [6.07, 6.45) is 1.21. The van der Waals surface area contributed by atoms with Crippen LogP contribution in [0.2, 0.25) is 0 Å². The molecule has 1 aromatic heterocycles. The minimum absolute atomic E-state index is 0.0228. The van der Waals surface area contributed by atoms with Gasteiger partial charge in [0.1, 0.15) is 11.7 Å². The molecule has 0 bridgehead atoms. The lowest BCUT2D eigenvalue weighted by molar-refractivity contribution is -0.125. The van der Waals surface area contributed by atoms with Gasteiger partial charge in [-0.2, -0.15) is 0 Å². The van der Waals surface area contributed by atoms with Gasteiger partial charge in [0.15, 0.2) is 0 Å². The van der Waals surface area contributed by atoms with Gasteiger partial charge in [0, 0.05) is 6.20 Å². The molecule has 0 aliphatic carbocycles. The summed E-state index contributed by atoms with van der Waals surface area (Å²) < 4.78 is 0. The molecule has 0 spiro atoms. The number of rotatable bonds is 1. The van der Waals surface area contributed by atoms with E-state index in [0.717, 1.165) is 4.90 Å². The molecule has 1 saturated heterocycles. The SMILES string of the molecule is O=C1CC(N2C(=O)c3cccnc3C2=O)C(=O)N1. The molecule has 0 saturated carbocycles. The van der Waals surface area contributed by atoms with Crippen LogP contribution in [0.3, 0.4) is 0 Å². The van der Waals surface area contributed by atoms with Crippen molar-refractivity contribution in [3.05, 3.63) is 29.6 Å². The molecular formula is C11H7N3O4. The Balaban J connectivity index is 2.02. The molecule has 1 N–H and O–H groups in total. The van der Waals surface area contributed by atoms with Crippen LogP contribution in [0, 0.1) is 0 Å². The molecule has 1 atom stereocenters. The highest BCUT2D eigenvalue weighted by molar-refractivity contribution is 6.23. The number of nitrogens with zero attached hydrogens (tertiary/aromatic N) is 2. The molecule has 3 heterocycles. The predicted molar refractivity (Wildman–Crippen MR) is 56.3 cm³/mol. The third-order valence-corrected chi connectivity index (χ3v) is 2.93. The molecule has 1 fully saturated rings. The van der Waals surface area contributed by atoms with Crippen molar-refractivity contribution in [2.24, 2.45) is 0 Å². The van der Waals surface area contributed by atoms with Gasteiger partial charge in [0.05, 0.1) is 12.0 Å². The first-order valence-corrected chi connectivity index (χ1v) is 5.26. The summed E-state index contributed by atoms with van der Waals surface area (Å²) in [5, 5.41) is 2.07. The lowest BCUT2D eigenvalue weighted by Crippen LogP contribution is -2.44. The Kier molecular flexibility index (Phi) is 2.03. The van der Waals surface area contributed by atoms with E-state index in [1.807, 2.05) is 0 Å². The second-order valence-electron chi connectivity index (χ2n) is 4.01. The minimum atomic E-state index is -1.06. The molecule has 0 aromatic carbocycles. The third kappa shape index (κ3) is 1.27. The number of hydrogen-bond donors (Lipinski definition) is 1. The quantitative estimate of drug-likeness (QED) is 0.646. The first kappa shape index (κ1) is 10.6. The zero-order valence-corrected chi connectivity index (χ0v) is 9.04. The molecule has 4 amide bonds. The van der Waals surface area contributed by atoms with E-state index in [4.69, 9.17) is 0 Å². The van der Waals surface area contributed by atoms with E-state index in [2.05, 4.69) is 10.3 Å². The van der Waals surface area contributed by atoms with Gasteiger partial charge in [0.25, 0.3) is 11.8 Å². The summed E-state index contributed by atoms with van der Waals surface area (Å²) in [5.41, 5.74) is 0.185. The van der Waals surface area contributed by atoms with Gasteiger partial charge >= 0.3 is 0 Å². The summed E-state index contributed by atoms with van der Waals surface area (Å²) >= 11 is 0. The van der Waals surface area contributed by atoms with Crippen molar-refractivity contribution in [2.75, 3.05) is 0 Å². The van der Waals surface area contributed by atoms with E-state index >= 15 is 0 Å². The summed E-state index contributed by atoms with van der Waals surface area (Å²) in [7, 11) is 0. The third-order valence-electron chi connectivity index (χ3n) is 2.93. The maximum Gasteiger partial charge on any atom is 0.280 e. The Hall–Kier alpha value is -2.57. The average Bonchev–Trinajstić information content (AvgIpc) is 2.79. The number of carbonyl (C=O) groups is 4. The van der Waals surface area contributed by atoms with Gasteiger partial charge in [0.2, 0.25) is 11.8 Å². The molecule has 2 aliphatic rings. The fraction of sp³-hybridized carbons (Fsp3) is 0.182. The van der Waals surface area contributed by atoms with E-state index < -0.39 is 29.7 Å². The number of aromatic nitrogens is 1. The second-order valence-corrected chi connectivity index (χ2v) is 4.01. The molecule has 1 aromatic rings. The van der Waals surface area contributed by atoms with E-state index in [9.17, 15) is 19.2 Å². The lowest BCUT2D eigenvalue weighted by atomic mass is 10.2.